The van der Waals surface area contributed by atoms with Gasteiger partial charge in [-0.15, -0.1) is 0 Å². The highest BCUT2D eigenvalue weighted by Gasteiger charge is 2.08. The topological polar surface area (TPSA) is 94.8 Å². The quantitative estimate of drug-likeness (QED) is 0.741. The monoisotopic (exact) mass is 315 g/mol. The highest BCUT2D eigenvalue weighted by molar-refractivity contribution is 5.76. The Morgan fingerprint density at radius 2 is 1.91 bits per heavy atom. The van der Waals surface area contributed by atoms with Gasteiger partial charge in [-0.2, -0.15) is 0 Å². The van der Waals surface area contributed by atoms with Crippen LogP contribution in [0.2, 0.25) is 0 Å². The minimum Gasteiger partial charge on any atom is -0.356 e. The summed E-state index contributed by atoms with van der Waals surface area (Å²) in [5, 5.41) is 2.85. The van der Waals surface area contributed by atoms with Crippen molar-refractivity contribution in [2.24, 2.45) is 0 Å². The van der Waals surface area contributed by atoms with Gasteiger partial charge in [0.2, 0.25) is 5.91 Å². The third-order valence-corrected chi connectivity index (χ3v) is 3.68. The van der Waals surface area contributed by atoms with Gasteiger partial charge in [-0.3, -0.25) is 14.6 Å². The Bertz CT molecular complexity index is 805. The number of aromatic nitrogens is 2. The molecule has 0 bridgehead atoms. The molecule has 2 rings (SSSR count). The lowest BCUT2D eigenvalue weighted by molar-refractivity contribution is -0.121. The summed E-state index contributed by atoms with van der Waals surface area (Å²) < 4.78 is 0. The second-order valence-electron chi connectivity index (χ2n) is 5.60. The molecule has 0 atom stereocenters. The van der Waals surface area contributed by atoms with E-state index in [1.54, 1.807) is 6.92 Å². The maximum Gasteiger partial charge on any atom is 0.325 e. The number of hydrogen-bond donors (Lipinski definition) is 3. The maximum atomic E-state index is 11.9. The van der Waals surface area contributed by atoms with Crippen LogP contribution in [0.25, 0.3) is 0 Å². The van der Waals surface area contributed by atoms with Gasteiger partial charge in [-0.1, -0.05) is 29.8 Å². The Morgan fingerprint density at radius 1 is 1.13 bits per heavy atom. The molecule has 0 saturated heterocycles. The summed E-state index contributed by atoms with van der Waals surface area (Å²) in [4.78, 5) is 39.4. The van der Waals surface area contributed by atoms with Crippen molar-refractivity contribution < 1.29 is 4.79 Å². The third-order valence-electron chi connectivity index (χ3n) is 3.68. The van der Waals surface area contributed by atoms with Crippen LogP contribution in [0.4, 0.5) is 0 Å². The lowest BCUT2D eigenvalue weighted by Crippen LogP contribution is -2.29. The Labute approximate surface area is 134 Å². The van der Waals surface area contributed by atoms with Gasteiger partial charge in [0.25, 0.3) is 5.56 Å². The average Bonchev–Trinajstić information content (AvgIpc) is 2.46. The van der Waals surface area contributed by atoms with Crippen molar-refractivity contribution in [1.29, 1.82) is 0 Å². The van der Waals surface area contributed by atoms with Crippen LogP contribution in [0.1, 0.15) is 28.8 Å². The van der Waals surface area contributed by atoms with Gasteiger partial charge < -0.3 is 10.3 Å². The number of benzene rings is 1. The van der Waals surface area contributed by atoms with Crippen LogP contribution in [0.5, 0.6) is 0 Å². The van der Waals surface area contributed by atoms with Crippen molar-refractivity contribution >= 4 is 5.91 Å². The second kappa shape index (κ2) is 7.58. The van der Waals surface area contributed by atoms with Gasteiger partial charge in [0.15, 0.2) is 0 Å². The Kier molecular flexibility index (Phi) is 5.51. The first-order chi connectivity index (χ1) is 11.0. The van der Waals surface area contributed by atoms with Gasteiger partial charge in [0.05, 0.1) is 0 Å². The Hall–Kier alpha value is -2.63. The molecule has 2 aromatic rings. The first kappa shape index (κ1) is 16.7. The highest BCUT2D eigenvalue weighted by Crippen LogP contribution is 2.04. The largest absolute Gasteiger partial charge is 0.356 e. The molecule has 1 aromatic carbocycles. The average molecular weight is 315 g/mol. The maximum absolute atomic E-state index is 11.9. The standard InChI is InChI=1S/C17H21N3O3/c1-11-4-3-5-13(10-11)8-9-18-15(21)7-6-14-12(2)19-17(23)20-16(14)22/h3-5,10H,6-9H2,1-2H3,(H,18,21)(H2,19,20,22,23). The number of amides is 1. The number of aromatic amines is 2. The Balaban J connectivity index is 1.82. The molecule has 1 amide bonds. The predicted octanol–water partition coefficient (Wildman–Crippen LogP) is 0.972. The highest BCUT2D eigenvalue weighted by atomic mass is 16.2. The molecule has 0 spiro atoms. The molecular formula is C17H21N3O3. The summed E-state index contributed by atoms with van der Waals surface area (Å²) in [6.45, 7) is 4.25. The molecule has 0 saturated carbocycles. The summed E-state index contributed by atoms with van der Waals surface area (Å²) in [6, 6.07) is 8.15. The van der Waals surface area contributed by atoms with Gasteiger partial charge in [-0.05, 0) is 32.3 Å². The molecule has 6 nitrogen and oxygen atoms in total. The summed E-state index contributed by atoms with van der Waals surface area (Å²) >= 11 is 0. The van der Waals surface area contributed by atoms with E-state index in [1.807, 2.05) is 25.1 Å². The number of H-pyrrole nitrogens is 2. The van der Waals surface area contributed by atoms with Crippen LogP contribution in [0, 0.1) is 13.8 Å². The van der Waals surface area contributed by atoms with Crippen molar-refractivity contribution in [3.8, 4) is 0 Å². The number of hydrogen-bond acceptors (Lipinski definition) is 3. The first-order valence-electron chi connectivity index (χ1n) is 7.60. The van der Waals surface area contributed by atoms with Crippen molar-refractivity contribution in [3.05, 3.63) is 67.5 Å². The van der Waals surface area contributed by atoms with E-state index in [9.17, 15) is 14.4 Å². The molecule has 122 valence electrons. The number of nitrogens with one attached hydrogen (secondary N) is 3. The Morgan fingerprint density at radius 3 is 2.61 bits per heavy atom. The first-order valence-corrected chi connectivity index (χ1v) is 7.60. The molecule has 0 aliphatic rings. The fraction of sp³-hybridized carbons (Fsp3) is 0.353. The molecule has 0 fully saturated rings. The third kappa shape index (κ3) is 4.95. The molecule has 0 radical (unpaired) electrons. The minimum atomic E-state index is -0.529. The molecule has 6 heteroatoms. The van der Waals surface area contributed by atoms with E-state index < -0.39 is 11.2 Å². The van der Waals surface area contributed by atoms with E-state index in [-0.39, 0.29) is 12.3 Å². The van der Waals surface area contributed by atoms with Crippen molar-refractivity contribution in [3.63, 3.8) is 0 Å². The molecule has 1 heterocycles. The van der Waals surface area contributed by atoms with Crippen molar-refractivity contribution in [2.75, 3.05) is 6.54 Å². The van der Waals surface area contributed by atoms with Crippen LogP contribution in [0.3, 0.4) is 0 Å². The molecule has 0 aliphatic heterocycles. The van der Waals surface area contributed by atoms with E-state index in [2.05, 4.69) is 21.4 Å². The number of aryl methyl sites for hydroxylation is 2. The smallest absolute Gasteiger partial charge is 0.325 e. The molecule has 23 heavy (non-hydrogen) atoms. The van der Waals surface area contributed by atoms with Crippen molar-refractivity contribution in [2.45, 2.75) is 33.1 Å². The van der Waals surface area contributed by atoms with Crippen LogP contribution in [-0.2, 0) is 17.6 Å². The molecule has 0 unspecified atom stereocenters. The molecule has 0 aliphatic carbocycles. The normalized spacial score (nSPS) is 10.5. The predicted molar refractivity (Wildman–Crippen MR) is 88.6 cm³/mol. The van der Waals surface area contributed by atoms with Crippen LogP contribution in [0.15, 0.2) is 33.9 Å². The minimum absolute atomic E-state index is 0.109. The second-order valence-corrected chi connectivity index (χ2v) is 5.60. The van der Waals surface area contributed by atoms with E-state index in [4.69, 9.17) is 0 Å². The summed E-state index contributed by atoms with van der Waals surface area (Å²) in [5.41, 5.74) is 2.36. The van der Waals surface area contributed by atoms with E-state index >= 15 is 0 Å². The van der Waals surface area contributed by atoms with E-state index in [1.165, 1.54) is 11.1 Å². The number of rotatable bonds is 6. The number of carbonyl (C=O) groups is 1. The van der Waals surface area contributed by atoms with Crippen LogP contribution < -0.4 is 16.6 Å². The van der Waals surface area contributed by atoms with Crippen molar-refractivity contribution in [1.82, 2.24) is 15.3 Å². The van der Waals surface area contributed by atoms with Gasteiger partial charge in [0.1, 0.15) is 0 Å². The molecular weight excluding hydrogens is 294 g/mol. The van der Waals surface area contributed by atoms with E-state index in [0.29, 0.717) is 24.2 Å². The fourth-order valence-electron chi connectivity index (χ4n) is 2.47. The van der Waals surface area contributed by atoms with Gasteiger partial charge in [-0.25, -0.2) is 4.79 Å². The fourth-order valence-corrected chi connectivity index (χ4v) is 2.47. The van der Waals surface area contributed by atoms with E-state index in [0.717, 1.165) is 6.42 Å². The van der Waals surface area contributed by atoms with Gasteiger partial charge in [0, 0.05) is 24.2 Å². The molecule has 3 N–H and O–H groups in total. The zero-order valence-corrected chi connectivity index (χ0v) is 13.4. The number of carbonyl (C=O) groups excluding carboxylic acids is 1. The lowest BCUT2D eigenvalue weighted by Gasteiger charge is -2.07. The summed E-state index contributed by atoms with van der Waals surface area (Å²) in [6.07, 6.45) is 1.28. The summed E-state index contributed by atoms with van der Waals surface area (Å²) in [5.74, 6) is -0.109. The lowest BCUT2D eigenvalue weighted by atomic mass is 10.1. The van der Waals surface area contributed by atoms with Gasteiger partial charge >= 0.3 is 5.69 Å². The molecule has 1 aromatic heterocycles. The van der Waals surface area contributed by atoms with Crippen LogP contribution >= 0.6 is 0 Å². The summed E-state index contributed by atoms with van der Waals surface area (Å²) in [7, 11) is 0. The zero-order chi connectivity index (χ0) is 16.8. The van der Waals surface area contributed by atoms with Crippen LogP contribution in [-0.4, -0.2) is 22.4 Å². The zero-order valence-electron chi connectivity index (χ0n) is 13.4. The SMILES string of the molecule is Cc1cccc(CCNC(=O)CCc2c(C)[nH]c(=O)[nH]c2=O)c1.